The molecule has 0 amide bonds. The van der Waals surface area contributed by atoms with Crippen molar-refractivity contribution in [3.8, 4) is 17.1 Å². The lowest BCUT2D eigenvalue weighted by molar-refractivity contribution is 1.11. The lowest BCUT2D eigenvalue weighted by Crippen LogP contribution is -2.06. The molecule has 0 fully saturated rings. The number of hydrogen-bond donors (Lipinski definition) is 1. The van der Waals surface area contributed by atoms with Crippen LogP contribution in [-0.2, 0) is 0 Å². The fourth-order valence-corrected chi connectivity index (χ4v) is 4.60. The maximum atomic E-state index is 5.21. The Balaban J connectivity index is 1.83. The molecule has 0 spiro atoms. The summed E-state index contributed by atoms with van der Waals surface area (Å²) in [7, 11) is 0. The molecule has 0 atom stereocenters. The summed E-state index contributed by atoms with van der Waals surface area (Å²) in [5, 5.41) is 6.00. The Kier molecular flexibility index (Phi) is 3.99. The van der Waals surface area contributed by atoms with E-state index in [4.69, 9.17) is 4.98 Å². The molecule has 0 radical (unpaired) electrons. The number of fused-ring (bicyclic) bond motifs is 6. The fraction of sp³-hybridized carbons (Fsp3) is 0.0385. The molecule has 6 rings (SSSR count). The summed E-state index contributed by atoms with van der Waals surface area (Å²) >= 11 is 3.55. The first-order valence-electron chi connectivity index (χ1n) is 10.0. The van der Waals surface area contributed by atoms with E-state index >= 15 is 0 Å². The smallest absolute Gasteiger partial charge is 0.145 e. The highest BCUT2D eigenvalue weighted by atomic mass is 79.9. The molecule has 0 saturated carbocycles. The van der Waals surface area contributed by atoms with Crippen LogP contribution in [0, 0.1) is 0 Å². The zero-order valence-corrected chi connectivity index (χ0v) is 17.7. The van der Waals surface area contributed by atoms with E-state index in [1.165, 1.54) is 16.5 Å². The second-order valence-corrected chi connectivity index (χ2v) is 8.34. The lowest BCUT2D eigenvalue weighted by Gasteiger charge is -2.18. The topological polar surface area (TPSA) is 29.9 Å². The Bertz CT molecular complexity index is 1430. The summed E-state index contributed by atoms with van der Waals surface area (Å²) in [6.45, 7) is 0.835. The predicted octanol–water partition coefficient (Wildman–Crippen LogP) is 7.05. The Morgan fingerprint density at radius 2 is 1.57 bits per heavy atom. The van der Waals surface area contributed by atoms with Crippen molar-refractivity contribution in [1.82, 2.24) is 9.55 Å². The highest BCUT2D eigenvalue weighted by molar-refractivity contribution is 9.10. The minimum Gasteiger partial charge on any atom is -0.381 e. The number of para-hydroxylation sites is 1. The van der Waals surface area contributed by atoms with E-state index in [1.54, 1.807) is 0 Å². The molecule has 5 aromatic rings. The molecule has 1 aliphatic heterocycles. The molecule has 0 aliphatic carbocycles. The van der Waals surface area contributed by atoms with Crippen molar-refractivity contribution in [2.45, 2.75) is 0 Å². The number of halogens is 1. The van der Waals surface area contributed by atoms with Gasteiger partial charge in [0.1, 0.15) is 5.82 Å². The molecule has 4 aromatic carbocycles. The molecular weight excluding hydrogens is 434 g/mol. The average molecular weight is 452 g/mol. The quantitative estimate of drug-likeness (QED) is 0.311. The van der Waals surface area contributed by atoms with Crippen LogP contribution in [0.4, 0.5) is 5.69 Å². The zero-order valence-electron chi connectivity index (χ0n) is 16.1. The van der Waals surface area contributed by atoms with Gasteiger partial charge in [-0.25, -0.2) is 4.98 Å². The normalized spacial score (nSPS) is 12.8. The summed E-state index contributed by atoms with van der Waals surface area (Å²) in [5.41, 5.74) is 6.68. The molecule has 1 aromatic heterocycles. The van der Waals surface area contributed by atoms with E-state index < -0.39 is 0 Å². The fourth-order valence-electron chi connectivity index (χ4n) is 4.34. The van der Waals surface area contributed by atoms with Gasteiger partial charge in [0, 0.05) is 38.6 Å². The van der Waals surface area contributed by atoms with Crippen LogP contribution in [0.5, 0.6) is 0 Å². The molecule has 144 valence electrons. The van der Waals surface area contributed by atoms with Gasteiger partial charge in [0.05, 0.1) is 16.7 Å². The van der Waals surface area contributed by atoms with E-state index in [1.807, 2.05) is 0 Å². The number of nitrogens with zero attached hydrogens (tertiary/aromatic N) is 2. The van der Waals surface area contributed by atoms with E-state index in [2.05, 4.69) is 117 Å². The van der Waals surface area contributed by atoms with Gasteiger partial charge in [-0.1, -0.05) is 82.7 Å². The van der Waals surface area contributed by atoms with Crippen molar-refractivity contribution < 1.29 is 0 Å². The van der Waals surface area contributed by atoms with Crippen LogP contribution in [0.2, 0.25) is 0 Å². The number of hydrogen-bond acceptors (Lipinski definition) is 2. The van der Waals surface area contributed by atoms with Crippen LogP contribution >= 0.6 is 15.9 Å². The number of benzene rings is 4. The van der Waals surface area contributed by atoms with Gasteiger partial charge in [-0.3, -0.25) is 4.57 Å². The van der Waals surface area contributed by atoms with E-state index in [-0.39, 0.29) is 0 Å². The van der Waals surface area contributed by atoms with Gasteiger partial charge in [0.2, 0.25) is 0 Å². The van der Waals surface area contributed by atoms with E-state index in [0.29, 0.717) is 0 Å². The zero-order chi connectivity index (χ0) is 20.1. The van der Waals surface area contributed by atoms with Gasteiger partial charge >= 0.3 is 0 Å². The van der Waals surface area contributed by atoms with Crippen LogP contribution < -0.4 is 5.32 Å². The molecule has 30 heavy (non-hydrogen) atoms. The van der Waals surface area contributed by atoms with Crippen LogP contribution in [0.3, 0.4) is 0 Å². The van der Waals surface area contributed by atoms with Crippen LogP contribution in [0.25, 0.3) is 45.0 Å². The summed E-state index contributed by atoms with van der Waals surface area (Å²) < 4.78 is 3.35. The first-order chi connectivity index (χ1) is 14.8. The Morgan fingerprint density at radius 3 is 2.37 bits per heavy atom. The molecular formula is C26H18BrN3. The third-order valence-electron chi connectivity index (χ3n) is 5.65. The maximum Gasteiger partial charge on any atom is 0.145 e. The lowest BCUT2D eigenvalue weighted by atomic mass is 9.99. The van der Waals surface area contributed by atoms with Gasteiger partial charge in [-0.05, 0) is 24.3 Å². The van der Waals surface area contributed by atoms with Gasteiger partial charge < -0.3 is 5.32 Å². The standard InChI is InChI=1S/C26H18BrN3/c27-18-14-12-17(13-15-18)26-29-24-22-11-6-16-28-23(22)20-9-4-5-10-21(20)25(24)30(26)19-7-2-1-3-8-19/h1-15,28H,16H2. The van der Waals surface area contributed by atoms with Gasteiger partial charge in [-0.15, -0.1) is 0 Å². The minimum absolute atomic E-state index is 0.835. The predicted molar refractivity (Wildman–Crippen MR) is 129 cm³/mol. The van der Waals surface area contributed by atoms with Crippen molar-refractivity contribution in [2.24, 2.45) is 0 Å². The van der Waals surface area contributed by atoms with Gasteiger partial charge in [-0.2, -0.15) is 0 Å². The van der Waals surface area contributed by atoms with Gasteiger partial charge in [0.15, 0.2) is 0 Å². The summed E-state index contributed by atoms with van der Waals surface area (Å²) in [6, 6.07) is 27.5. The highest BCUT2D eigenvalue weighted by Gasteiger charge is 2.22. The molecule has 4 heteroatoms. The van der Waals surface area contributed by atoms with Crippen molar-refractivity contribution >= 4 is 49.5 Å². The second-order valence-electron chi connectivity index (χ2n) is 7.43. The maximum absolute atomic E-state index is 5.21. The number of nitrogens with one attached hydrogen (secondary N) is 1. The van der Waals surface area contributed by atoms with Crippen molar-refractivity contribution in [3.63, 3.8) is 0 Å². The van der Waals surface area contributed by atoms with Gasteiger partial charge in [0.25, 0.3) is 0 Å². The number of aromatic nitrogens is 2. The third kappa shape index (κ3) is 2.61. The molecule has 0 saturated heterocycles. The first-order valence-corrected chi connectivity index (χ1v) is 10.8. The molecule has 1 N–H and O–H groups in total. The number of imidazole rings is 1. The monoisotopic (exact) mass is 451 g/mol. The first kappa shape index (κ1) is 17.5. The van der Waals surface area contributed by atoms with Crippen LogP contribution in [0.15, 0.2) is 89.4 Å². The summed E-state index contributed by atoms with van der Waals surface area (Å²) in [5.74, 6) is 0.946. The second kappa shape index (κ2) is 6.85. The number of anilines is 1. The molecule has 3 nitrogen and oxygen atoms in total. The SMILES string of the molecule is Brc1ccc(-c2nc3c4c(c5ccccc5c3n2-c2ccccc2)NCC=C4)cc1. The Labute approximate surface area is 182 Å². The Hall–Kier alpha value is -3.37. The van der Waals surface area contributed by atoms with Crippen molar-refractivity contribution in [3.05, 3.63) is 95.0 Å². The molecule has 2 heterocycles. The molecule has 0 unspecified atom stereocenters. The minimum atomic E-state index is 0.835. The summed E-state index contributed by atoms with van der Waals surface area (Å²) in [6.07, 6.45) is 4.37. The van der Waals surface area contributed by atoms with E-state index in [0.717, 1.165) is 44.7 Å². The van der Waals surface area contributed by atoms with E-state index in [9.17, 15) is 0 Å². The Morgan fingerprint density at radius 1 is 0.833 bits per heavy atom. The summed E-state index contributed by atoms with van der Waals surface area (Å²) in [4.78, 5) is 5.21. The van der Waals surface area contributed by atoms with Crippen molar-refractivity contribution in [2.75, 3.05) is 11.9 Å². The average Bonchev–Trinajstić information content (AvgIpc) is 3.21. The van der Waals surface area contributed by atoms with Crippen molar-refractivity contribution in [1.29, 1.82) is 0 Å². The number of rotatable bonds is 2. The van der Waals surface area contributed by atoms with Crippen LogP contribution in [0.1, 0.15) is 5.56 Å². The van der Waals surface area contributed by atoms with Crippen LogP contribution in [-0.4, -0.2) is 16.1 Å². The molecule has 0 bridgehead atoms. The third-order valence-corrected chi connectivity index (χ3v) is 6.18. The highest BCUT2D eigenvalue weighted by Crippen LogP contribution is 2.41. The largest absolute Gasteiger partial charge is 0.381 e. The molecule has 1 aliphatic rings.